The number of ether oxygens (including phenoxy) is 1. The van der Waals surface area contributed by atoms with Gasteiger partial charge in [0.05, 0.1) is 28.1 Å². The van der Waals surface area contributed by atoms with Crippen molar-refractivity contribution in [2.75, 3.05) is 11.5 Å². The number of hydrogen-bond acceptors (Lipinski definition) is 5. The van der Waals surface area contributed by atoms with Crippen molar-refractivity contribution in [3.8, 4) is 11.3 Å². The van der Waals surface area contributed by atoms with Crippen LogP contribution in [0.1, 0.15) is 10.4 Å². The van der Waals surface area contributed by atoms with Crippen LogP contribution in [0, 0.1) is 0 Å². The van der Waals surface area contributed by atoms with E-state index in [4.69, 9.17) is 9.72 Å². The second-order valence-electron chi connectivity index (χ2n) is 8.43. The first-order valence-electron chi connectivity index (χ1n) is 11.6. The van der Waals surface area contributed by atoms with Gasteiger partial charge in [-0.1, -0.05) is 82.3 Å². The van der Waals surface area contributed by atoms with Crippen molar-refractivity contribution in [1.29, 1.82) is 0 Å². The number of amides is 1. The molecule has 1 aliphatic rings. The number of benzene rings is 4. The first kappa shape index (κ1) is 23.5. The maximum absolute atomic E-state index is 13.5. The standard InChI is InChI=1S/C30H19BrN2O3S/c31-20-9-7-8-19(16-20)24-17-22(21-10-1-2-11-23(21)32-24)30(35)36-18-29(34)33-25-12-3-5-14-27(25)37-28-15-6-4-13-26(28)33/h1-17H,18H2. The third kappa shape index (κ3) is 4.52. The van der Waals surface area contributed by atoms with E-state index < -0.39 is 12.6 Å². The molecule has 1 amide bonds. The molecule has 6 rings (SSSR count). The van der Waals surface area contributed by atoms with Gasteiger partial charge in [-0.05, 0) is 48.5 Å². The summed E-state index contributed by atoms with van der Waals surface area (Å²) >= 11 is 5.11. The Bertz CT molecular complexity index is 1640. The largest absolute Gasteiger partial charge is 0.452 e. The van der Waals surface area contributed by atoms with Crippen molar-refractivity contribution in [2.24, 2.45) is 0 Å². The van der Waals surface area contributed by atoms with Gasteiger partial charge in [0, 0.05) is 25.2 Å². The SMILES string of the molecule is O=C(OCC(=O)N1c2ccccc2Sc2ccccc21)c1cc(-c2cccc(Br)c2)nc2ccccc12. The highest BCUT2D eigenvalue weighted by Crippen LogP contribution is 2.47. The quantitative estimate of drug-likeness (QED) is 0.209. The van der Waals surface area contributed by atoms with Crippen molar-refractivity contribution < 1.29 is 14.3 Å². The molecule has 5 aromatic rings. The number of fused-ring (bicyclic) bond motifs is 3. The summed E-state index contributed by atoms with van der Waals surface area (Å²) in [6.45, 7) is -0.394. The van der Waals surface area contributed by atoms with Crippen LogP contribution in [0.3, 0.4) is 0 Å². The van der Waals surface area contributed by atoms with Gasteiger partial charge in [-0.2, -0.15) is 0 Å². The molecular formula is C30H19BrN2O3S. The van der Waals surface area contributed by atoms with Crippen LogP contribution in [-0.2, 0) is 9.53 Å². The lowest BCUT2D eigenvalue weighted by Gasteiger charge is -2.30. The van der Waals surface area contributed by atoms with E-state index in [9.17, 15) is 9.59 Å². The number of esters is 1. The molecule has 0 aliphatic carbocycles. The Morgan fingerprint density at radius 2 is 1.49 bits per heavy atom. The Labute approximate surface area is 226 Å². The molecule has 0 unspecified atom stereocenters. The molecule has 0 atom stereocenters. The molecule has 0 saturated carbocycles. The lowest BCUT2D eigenvalue weighted by atomic mass is 10.0. The average Bonchev–Trinajstić information content (AvgIpc) is 2.93. The lowest BCUT2D eigenvalue weighted by Crippen LogP contribution is -2.32. The van der Waals surface area contributed by atoms with Gasteiger partial charge in [0.2, 0.25) is 0 Å². The fraction of sp³-hybridized carbons (Fsp3) is 0.0333. The number of hydrogen-bond donors (Lipinski definition) is 0. The highest BCUT2D eigenvalue weighted by atomic mass is 79.9. The predicted molar refractivity (Wildman–Crippen MR) is 149 cm³/mol. The average molecular weight is 567 g/mol. The number of rotatable bonds is 4. The van der Waals surface area contributed by atoms with Crippen molar-refractivity contribution in [2.45, 2.75) is 9.79 Å². The Balaban J connectivity index is 1.31. The summed E-state index contributed by atoms with van der Waals surface area (Å²) in [6, 6.07) is 32.3. The first-order valence-corrected chi connectivity index (χ1v) is 13.2. The van der Waals surface area contributed by atoms with Crippen molar-refractivity contribution in [1.82, 2.24) is 4.98 Å². The lowest BCUT2D eigenvalue weighted by molar-refractivity contribution is -0.121. The normalized spacial score (nSPS) is 12.1. The Kier molecular flexibility index (Phi) is 6.24. The van der Waals surface area contributed by atoms with Gasteiger partial charge < -0.3 is 4.74 Å². The summed E-state index contributed by atoms with van der Waals surface area (Å²) < 4.78 is 6.53. The van der Waals surface area contributed by atoms with Gasteiger partial charge in [-0.3, -0.25) is 9.69 Å². The van der Waals surface area contributed by atoms with Gasteiger partial charge in [-0.25, -0.2) is 9.78 Å². The molecule has 1 aliphatic heterocycles. The molecular weight excluding hydrogens is 548 g/mol. The van der Waals surface area contributed by atoms with Crippen molar-refractivity contribution in [3.05, 3.63) is 113 Å². The molecule has 0 saturated heterocycles. The number of aromatic nitrogens is 1. The highest BCUT2D eigenvalue weighted by molar-refractivity contribution is 9.10. The van der Waals surface area contributed by atoms with Crippen LogP contribution in [-0.4, -0.2) is 23.5 Å². The van der Waals surface area contributed by atoms with Gasteiger partial charge in [0.15, 0.2) is 6.61 Å². The van der Waals surface area contributed by atoms with Crippen LogP contribution in [0.25, 0.3) is 22.2 Å². The van der Waals surface area contributed by atoms with E-state index in [1.165, 1.54) is 0 Å². The van der Waals surface area contributed by atoms with E-state index in [0.717, 1.165) is 31.2 Å². The molecule has 0 bridgehead atoms. The zero-order valence-electron chi connectivity index (χ0n) is 19.4. The van der Waals surface area contributed by atoms with Gasteiger partial charge in [0.25, 0.3) is 5.91 Å². The molecule has 7 heteroatoms. The van der Waals surface area contributed by atoms with Crippen molar-refractivity contribution >= 4 is 61.8 Å². The van der Waals surface area contributed by atoms with Gasteiger partial charge >= 0.3 is 5.97 Å². The highest BCUT2D eigenvalue weighted by Gasteiger charge is 2.29. The summed E-state index contributed by atoms with van der Waals surface area (Å²) in [5, 5.41) is 0.670. The third-order valence-electron chi connectivity index (χ3n) is 6.06. The Morgan fingerprint density at radius 1 is 0.811 bits per heavy atom. The number of halogens is 1. The molecule has 5 nitrogen and oxygen atoms in total. The topological polar surface area (TPSA) is 59.5 Å². The summed E-state index contributed by atoms with van der Waals surface area (Å²) in [5.74, 6) is -0.893. The maximum atomic E-state index is 13.5. The van der Waals surface area contributed by atoms with E-state index in [0.29, 0.717) is 22.2 Å². The van der Waals surface area contributed by atoms with E-state index in [-0.39, 0.29) is 5.91 Å². The number of pyridine rings is 1. The van der Waals surface area contributed by atoms with Crippen LogP contribution in [0.2, 0.25) is 0 Å². The number of carbonyl (C=O) groups is 2. The zero-order chi connectivity index (χ0) is 25.4. The maximum Gasteiger partial charge on any atom is 0.339 e. The Morgan fingerprint density at radius 3 is 2.22 bits per heavy atom. The minimum absolute atomic E-state index is 0.320. The zero-order valence-corrected chi connectivity index (χ0v) is 21.8. The second-order valence-corrected chi connectivity index (χ2v) is 10.4. The predicted octanol–water partition coefficient (Wildman–Crippen LogP) is 7.65. The monoisotopic (exact) mass is 566 g/mol. The fourth-order valence-electron chi connectivity index (χ4n) is 4.38. The van der Waals surface area contributed by atoms with E-state index >= 15 is 0 Å². The van der Waals surface area contributed by atoms with E-state index in [1.54, 1.807) is 22.7 Å². The minimum atomic E-state index is -0.573. The molecule has 4 aromatic carbocycles. The molecule has 180 valence electrons. The molecule has 0 N–H and O–H groups in total. The molecule has 1 aromatic heterocycles. The summed E-state index contributed by atoms with van der Waals surface area (Å²) in [5.41, 5.74) is 4.10. The van der Waals surface area contributed by atoms with Crippen LogP contribution in [0.5, 0.6) is 0 Å². The summed E-state index contributed by atoms with van der Waals surface area (Å²) in [7, 11) is 0. The fourth-order valence-corrected chi connectivity index (χ4v) is 5.84. The molecule has 0 spiro atoms. The van der Waals surface area contributed by atoms with Gasteiger partial charge in [0.1, 0.15) is 0 Å². The molecule has 0 fully saturated rings. The molecule has 0 radical (unpaired) electrons. The number of para-hydroxylation sites is 3. The summed E-state index contributed by atoms with van der Waals surface area (Å²) in [6.07, 6.45) is 0. The van der Waals surface area contributed by atoms with Crippen LogP contribution in [0.15, 0.2) is 117 Å². The first-order chi connectivity index (χ1) is 18.1. The number of nitrogens with zero attached hydrogens (tertiary/aromatic N) is 2. The molecule has 37 heavy (non-hydrogen) atoms. The smallest absolute Gasteiger partial charge is 0.339 e. The van der Waals surface area contributed by atoms with E-state index in [2.05, 4.69) is 15.9 Å². The number of anilines is 2. The summed E-state index contributed by atoms with van der Waals surface area (Å²) in [4.78, 5) is 35.1. The van der Waals surface area contributed by atoms with Crippen LogP contribution < -0.4 is 4.90 Å². The number of carbonyl (C=O) groups excluding carboxylic acids is 2. The van der Waals surface area contributed by atoms with Crippen LogP contribution >= 0.6 is 27.7 Å². The van der Waals surface area contributed by atoms with Crippen molar-refractivity contribution in [3.63, 3.8) is 0 Å². The second kappa shape index (κ2) is 9.84. The van der Waals surface area contributed by atoms with Crippen LogP contribution in [0.4, 0.5) is 11.4 Å². The third-order valence-corrected chi connectivity index (χ3v) is 7.69. The van der Waals surface area contributed by atoms with Gasteiger partial charge in [-0.15, -0.1) is 0 Å². The molecule has 2 heterocycles. The van der Waals surface area contributed by atoms with E-state index in [1.807, 2.05) is 97.1 Å². The Hall–Kier alpha value is -3.94. The minimum Gasteiger partial charge on any atom is -0.452 e.